The molecule has 0 heterocycles. The summed E-state index contributed by atoms with van der Waals surface area (Å²) in [6.07, 6.45) is 0. The molecule has 0 aromatic heterocycles. The van der Waals surface area contributed by atoms with Gasteiger partial charge in [-0.15, -0.1) is 0 Å². The van der Waals surface area contributed by atoms with Crippen molar-refractivity contribution in [2.75, 3.05) is 0 Å². The van der Waals surface area contributed by atoms with Gasteiger partial charge < -0.3 is 5.11 Å². The summed E-state index contributed by atoms with van der Waals surface area (Å²) in [4.78, 5) is 9.61. The highest BCUT2D eigenvalue weighted by Gasteiger charge is 2.15. The number of non-ortho nitro benzene ring substituents is 1. The van der Waals surface area contributed by atoms with Gasteiger partial charge in [0, 0.05) is 17.7 Å². The number of phenols is 1. The van der Waals surface area contributed by atoms with Gasteiger partial charge in [-0.2, -0.15) is 8.42 Å². The molecule has 0 aliphatic rings. The maximum Gasteiger partial charge on any atom is 0.270 e. The summed E-state index contributed by atoms with van der Waals surface area (Å²) < 4.78 is 29.5. The molecule has 0 aliphatic heterocycles. The molecule has 0 aliphatic carbocycles. The Labute approximate surface area is 84.9 Å². The first-order valence-electron chi connectivity index (χ1n) is 3.71. The minimum atomic E-state index is -4.32. The molecule has 0 saturated heterocycles. The van der Waals surface area contributed by atoms with Crippen LogP contribution in [-0.4, -0.2) is 23.0 Å². The van der Waals surface area contributed by atoms with E-state index >= 15 is 0 Å². The van der Waals surface area contributed by atoms with Gasteiger partial charge in [0.25, 0.3) is 15.8 Å². The first kappa shape index (κ1) is 11.4. The van der Waals surface area contributed by atoms with Gasteiger partial charge in [0.2, 0.25) is 0 Å². The topological polar surface area (TPSA) is 118 Å². The van der Waals surface area contributed by atoms with Crippen LogP contribution in [0.3, 0.4) is 0 Å². The predicted octanol–water partition coefficient (Wildman–Crippen LogP) is 0.688. The predicted molar refractivity (Wildman–Crippen MR) is 50.0 cm³/mol. The average Bonchev–Trinajstić information content (AvgIpc) is 2.06. The number of nitro groups is 1. The van der Waals surface area contributed by atoms with E-state index in [1.165, 1.54) is 0 Å². The van der Waals surface area contributed by atoms with Crippen LogP contribution >= 0.6 is 0 Å². The standard InChI is InChI=1S/C7H7NO6S/c9-7-2-1-6(8(10)11)3-5(7)4-15(12,13)14/h1-3,9H,4H2,(H,12,13,14). The van der Waals surface area contributed by atoms with Crippen LogP contribution in [0.2, 0.25) is 0 Å². The van der Waals surface area contributed by atoms with E-state index in [0.717, 1.165) is 18.2 Å². The normalized spacial score (nSPS) is 11.3. The summed E-state index contributed by atoms with van der Waals surface area (Å²) in [6.45, 7) is 0. The summed E-state index contributed by atoms with van der Waals surface area (Å²) in [5.74, 6) is -1.28. The number of phenolic OH excluding ortho intramolecular Hbond substituents is 1. The summed E-state index contributed by atoms with van der Waals surface area (Å²) in [5, 5.41) is 19.5. The van der Waals surface area contributed by atoms with Crippen molar-refractivity contribution in [1.82, 2.24) is 0 Å². The van der Waals surface area contributed by atoms with Crippen molar-refractivity contribution < 1.29 is 23.0 Å². The number of nitrogens with zero attached hydrogens (tertiary/aromatic N) is 1. The van der Waals surface area contributed by atoms with E-state index < -0.39 is 26.5 Å². The molecular formula is C7H7NO6S. The van der Waals surface area contributed by atoms with Gasteiger partial charge in [0.05, 0.1) is 4.92 Å². The summed E-state index contributed by atoms with van der Waals surface area (Å²) in [6, 6.07) is 2.92. The first-order valence-corrected chi connectivity index (χ1v) is 5.32. The highest BCUT2D eigenvalue weighted by molar-refractivity contribution is 7.85. The molecule has 15 heavy (non-hydrogen) atoms. The van der Waals surface area contributed by atoms with Crippen LogP contribution < -0.4 is 0 Å². The zero-order chi connectivity index (χ0) is 11.6. The summed E-state index contributed by atoms with van der Waals surface area (Å²) >= 11 is 0. The number of benzene rings is 1. The van der Waals surface area contributed by atoms with Crippen molar-refractivity contribution in [3.8, 4) is 5.75 Å². The molecule has 0 atom stereocenters. The fourth-order valence-electron chi connectivity index (χ4n) is 0.998. The van der Waals surface area contributed by atoms with Crippen molar-refractivity contribution in [3.63, 3.8) is 0 Å². The third-order valence-corrected chi connectivity index (χ3v) is 2.29. The molecule has 2 N–H and O–H groups in total. The molecule has 0 spiro atoms. The van der Waals surface area contributed by atoms with Crippen molar-refractivity contribution in [3.05, 3.63) is 33.9 Å². The third-order valence-electron chi connectivity index (χ3n) is 1.61. The largest absolute Gasteiger partial charge is 0.508 e. The third kappa shape index (κ3) is 3.18. The molecule has 8 heteroatoms. The van der Waals surface area contributed by atoms with E-state index in [9.17, 15) is 23.6 Å². The molecule has 1 aromatic carbocycles. The number of rotatable bonds is 3. The van der Waals surface area contributed by atoms with Crippen molar-refractivity contribution in [2.24, 2.45) is 0 Å². The molecule has 0 unspecified atom stereocenters. The highest BCUT2D eigenvalue weighted by Crippen LogP contribution is 2.24. The fourth-order valence-corrected chi connectivity index (χ4v) is 1.62. The SMILES string of the molecule is O=[N+]([O-])c1ccc(O)c(CS(=O)(=O)O)c1. The molecule has 0 radical (unpaired) electrons. The Hall–Kier alpha value is -1.67. The maximum absolute atomic E-state index is 10.5. The maximum atomic E-state index is 10.5. The van der Waals surface area contributed by atoms with Crippen LogP contribution in [0.15, 0.2) is 18.2 Å². The molecule has 0 fully saturated rings. The van der Waals surface area contributed by atoms with Gasteiger partial charge in [-0.1, -0.05) is 0 Å². The highest BCUT2D eigenvalue weighted by atomic mass is 32.2. The lowest BCUT2D eigenvalue weighted by atomic mass is 10.2. The zero-order valence-corrected chi connectivity index (χ0v) is 8.14. The van der Waals surface area contributed by atoms with E-state index in [2.05, 4.69) is 0 Å². The van der Waals surface area contributed by atoms with Crippen LogP contribution in [0.5, 0.6) is 5.75 Å². The Morgan fingerprint density at radius 2 is 2.00 bits per heavy atom. The molecule has 0 amide bonds. The molecule has 0 bridgehead atoms. The Morgan fingerprint density at radius 3 is 2.47 bits per heavy atom. The second-order valence-electron chi connectivity index (χ2n) is 2.80. The Bertz CT molecular complexity index is 494. The first-order chi connectivity index (χ1) is 6.79. The monoisotopic (exact) mass is 233 g/mol. The Kier molecular flexibility index (Phi) is 2.91. The Morgan fingerprint density at radius 1 is 1.40 bits per heavy atom. The van der Waals surface area contributed by atoms with E-state index in [4.69, 9.17) is 4.55 Å². The molecular weight excluding hydrogens is 226 g/mol. The number of nitro benzene ring substituents is 1. The van der Waals surface area contributed by atoms with E-state index in [1.807, 2.05) is 0 Å². The van der Waals surface area contributed by atoms with Gasteiger partial charge in [0.1, 0.15) is 11.5 Å². The summed E-state index contributed by atoms with van der Waals surface area (Å²) in [5.41, 5.74) is -0.571. The van der Waals surface area contributed by atoms with E-state index in [-0.39, 0.29) is 11.3 Å². The van der Waals surface area contributed by atoms with E-state index in [1.54, 1.807) is 0 Å². The lowest BCUT2D eigenvalue weighted by molar-refractivity contribution is -0.384. The van der Waals surface area contributed by atoms with Gasteiger partial charge in [0.15, 0.2) is 0 Å². The smallest absolute Gasteiger partial charge is 0.270 e. The second kappa shape index (κ2) is 3.83. The van der Waals surface area contributed by atoms with Crippen LogP contribution in [0.1, 0.15) is 5.56 Å². The molecule has 82 valence electrons. The lowest BCUT2D eigenvalue weighted by Crippen LogP contribution is -2.02. The zero-order valence-electron chi connectivity index (χ0n) is 7.32. The second-order valence-corrected chi connectivity index (χ2v) is 4.25. The van der Waals surface area contributed by atoms with Gasteiger partial charge >= 0.3 is 0 Å². The minimum Gasteiger partial charge on any atom is -0.508 e. The van der Waals surface area contributed by atoms with Crippen LogP contribution in [-0.2, 0) is 15.9 Å². The van der Waals surface area contributed by atoms with Gasteiger partial charge in [-0.25, -0.2) is 0 Å². The van der Waals surface area contributed by atoms with Gasteiger partial charge in [-0.05, 0) is 6.07 Å². The van der Waals surface area contributed by atoms with Crippen LogP contribution in [0.25, 0.3) is 0 Å². The van der Waals surface area contributed by atoms with Crippen LogP contribution in [0.4, 0.5) is 5.69 Å². The molecule has 0 saturated carbocycles. The van der Waals surface area contributed by atoms with Crippen molar-refractivity contribution >= 4 is 15.8 Å². The van der Waals surface area contributed by atoms with Crippen LogP contribution in [0, 0.1) is 10.1 Å². The van der Waals surface area contributed by atoms with Crippen molar-refractivity contribution in [2.45, 2.75) is 5.75 Å². The van der Waals surface area contributed by atoms with E-state index in [0.29, 0.717) is 0 Å². The molecule has 1 aromatic rings. The fraction of sp³-hybridized carbons (Fsp3) is 0.143. The quantitative estimate of drug-likeness (QED) is 0.450. The number of hydrogen-bond acceptors (Lipinski definition) is 5. The minimum absolute atomic E-state index is 0.216. The van der Waals surface area contributed by atoms with Crippen molar-refractivity contribution in [1.29, 1.82) is 0 Å². The molecule has 7 nitrogen and oxygen atoms in total. The molecule has 1 rings (SSSR count). The Balaban J connectivity index is 3.17. The summed E-state index contributed by atoms with van der Waals surface area (Å²) in [7, 11) is -4.32. The average molecular weight is 233 g/mol. The lowest BCUT2D eigenvalue weighted by Gasteiger charge is -2.01. The number of hydrogen-bond donors (Lipinski definition) is 2. The number of aromatic hydroxyl groups is 1. The van der Waals surface area contributed by atoms with Gasteiger partial charge in [-0.3, -0.25) is 14.7 Å².